The number of ketones is 1. The molecule has 0 amide bonds. The van der Waals surface area contributed by atoms with E-state index in [0.717, 1.165) is 17.8 Å². The Hall–Kier alpha value is -1.75. The number of ether oxygens (including phenoxy) is 1. The van der Waals surface area contributed by atoms with E-state index in [9.17, 15) is 9.59 Å². The van der Waals surface area contributed by atoms with Gasteiger partial charge in [-0.3, -0.25) is 19.5 Å². The summed E-state index contributed by atoms with van der Waals surface area (Å²) in [7, 11) is 0. The number of hydrogen-bond donors (Lipinski definition) is 0. The highest BCUT2D eigenvalue weighted by Crippen LogP contribution is 2.08. The van der Waals surface area contributed by atoms with Gasteiger partial charge in [-0.1, -0.05) is 19.9 Å². The summed E-state index contributed by atoms with van der Waals surface area (Å²) < 4.78 is 4.96. The zero-order valence-electron chi connectivity index (χ0n) is 14.0. The van der Waals surface area contributed by atoms with Crippen molar-refractivity contribution < 1.29 is 14.3 Å². The van der Waals surface area contributed by atoms with Gasteiger partial charge < -0.3 is 4.74 Å². The minimum atomic E-state index is -0.318. The van der Waals surface area contributed by atoms with Gasteiger partial charge in [0.25, 0.3) is 0 Å². The molecule has 0 aliphatic rings. The second kappa shape index (κ2) is 9.30. The van der Waals surface area contributed by atoms with Crippen LogP contribution in [0.4, 0.5) is 0 Å². The van der Waals surface area contributed by atoms with Gasteiger partial charge in [-0.25, -0.2) is 0 Å². The number of aromatic nitrogens is 1. The Kier molecular flexibility index (Phi) is 7.74. The Labute approximate surface area is 132 Å². The van der Waals surface area contributed by atoms with E-state index in [1.165, 1.54) is 6.92 Å². The number of esters is 1. The van der Waals surface area contributed by atoms with Crippen molar-refractivity contribution in [3.8, 4) is 0 Å². The van der Waals surface area contributed by atoms with Gasteiger partial charge in [-0.15, -0.1) is 0 Å². The summed E-state index contributed by atoms with van der Waals surface area (Å²) in [6.45, 7) is 8.71. The average molecular weight is 306 g/mol. The molecule has 0 N–H and O–H groups in total. The molecule has 122 valence electrons. The molecule has 0 saturated heterocycles. The molecule has 0 bridgehead atoms. The van der Waals surface area contributed by atoms with Gasteiger partial charge in [0.05, 0.1) is 25.4 Å². The standard InChI is InChI=1S/C17H26N2O3/c1-5-22-17(21)12-19(10-14(4)20)11-16-8-6-7-15(18-16)9-13(2)3/h6-8,13H,5,9-12H2,1-4H3. The molecule has 0 radical (unpaired) electrons. The number of carbonyl (C=O) groups excluding carboxylic acids is 2. The molecule has 0 aliphatic heterocycles. The largest absolute Gasteiger partial charge is 0.465 e. The van der Waals surface area contributed by atoms with Crippen molar-refractivity contribution in [2.75, 3.05) is 19.7 Å². The number of nitrogens with zero attached hydrogens (tertiary/aromatic N) is 2. The molecule has 1 aromatic rings. The molecule has 0 aromatic carbocycles. The fourth-order valence-corrected chi connectivity index (χ4v) is 2.25. The van der Waals surface area contributed by atoms with Crippen LogP contribution in [0.3, 0.4) is 0 Å². The molecule has 22 heavy (non-hydrogen) atoms. The number of rotatable bonds is 9. The van der Waals surface area contributed by atoms with Crippen LogP contribution in [-0.2, 0) is 27.3 Å². The third-order valence-corrected chi connectivity index (χ3v) is 2.97. The number of carbonyl (C=O) groups is 2. The Morgan fingerprint density at radius 2 is 1.91 bits per heavy atom. The molecule has 1 heterocycles. The van der Waals surface area contributed by atoms with Crippen LogP contribution in [-0.4, -0.2) is 41.3 Å². The zero-order chi connectivity index (χ0) is 16.5. The van der Waals surface area contributed by atoms with E-state index >= 15 is 0 Å². The minimum Gasteiger partial charge on any atom is -0.465 e. The predicted octanol–water partition coefficient (Wildman–Crippen LogP) is 2.23. The van der Waals surface area contributed by atoms with Crippen molar-refractivity contribution in [3.05, 3.63) is 29.6 Å². The lowest BCUT2D eigenvalue weighted by molar-refractivity contribution is -0.144. The Morgan fingerprint density at radius 1 is 1.23 bits per heavy atom. The van der Waals surface area contributed by atoms with Gasteiger partial charge in [0.15, 0.2) is 0 Å². The van der Waals surface area contributed by atoms with Crippen molar-refractivity contribution in [2.24, 2.45) is 5.92 Å². The molecule has 0 aliphatic carbocycles. The first-order chi connectivity index (χ1) is 10.4. The lowest BCUT2D eigenvalue weighted by Gasteiger charge is -2.19. The van der Waals surface area contributed by atoms with E-state index in [0.29, 0.717) is 19.1 Å². The third-order valence-electron chi connectivity index (χ3n) is 2.97. The van der Waals surface area contributed by atoms with Crippen LogP contribution >= 0.6 is 0 Å². The van der Waals surface area contributed by atoms with Gasteiger partial charge in [0.1, 0.15) is 5.78 Å². The maximum Gasteiger partial charge on any atom is 0.320 e. The molecule has 5 nitrogen and oxygen atoms in total. The number of hydrogen-bond acceptors (Lipinski definition) is 5. The van der Waals surface area contributed by atoms with Crippen molar-refractivity contribution in [1.29, 1.82) is 0 Å². The topological polar surface area (TPSA) is 59.5 Å². The molecule has 0 spiro atoms. The summed E-state index contributed by atoms with van der Waals surface area (Å²) >= 11 is 0. The molecular weight excluding hydrogens is 280 g/mol. The van der Waals surface area contributed by atoms with Crippen molar-refractivity contribution >= 4 is 11.8 Å². The van der Waals surface area contributed by atoms with Gasteiger partial charge in [-0.05, 0) is 38.3 Å². The van der Waals surface area contributed by atoms with Crippen molar-refractivity contribution in [1.82, 2.24) is 9.88 Å². The smallest absolute Gasteiger partial charge is 0.320 e. The maximum absolute atomic E-state index is 11.6. The zero-order valence-corrected chi connectivity index (χ0v) is 14.0. The summed E-state index contributed by atoms with van der Waals surface area (Å²) in [6.07, 6.45) is 0.915. The van der Waals surface area contributed by atoms with E-state index in [1.807, 2.05) is 18.2 Å². The van der Waals surface area contributed by atoms with E-state index in [4.69, 9.17) is 4.74 Å². The molecular formula is C17H26N2O3. The Balaban J connectivity index is 2.75. The van der Waals surface area contributed by atoms with E-state index in [-0.39, 0.29) is 24.8 Å². The van der Waals surface area contributed by atoms with Crippen molar-refractivity contribution in [2.45, 2.75) is 40.7 Å². The Morgan fingerprint density at radius 3 is 2.50 bits per heavy atom. The lowest BCUT2D eigenvalue weighted by atomic mass is 10.1. The quantitative estimate of drug-likeness (QED) is 0.655. The predicted molar refractivity (Wildman–Crippen MR) is 85.4 cm³/mol. The average Bonchev–Trinajstić information content (AvgIpc) is 2.37. The highest BCUT2D eigenvalue weighted by molar-refractivity contribution is 5.79. The lowest BCUT2D eigenvalue weighted by Crippen LogP contribution is -2.34. The second-order valence-corrected chi connectivity index (χ2v) is 5.87. The van der Waals surface area contributed by atoms with Crippen LogP contribution < -0.4 is 0 Å². The van der Waals surface area contributed by atoms with Gasteiger partial charge in [0, 0.05) is 12.2 Å². The number of Topliss-reactive ketones (excluding diaryl/α,β-unsaturated/α-hetero) is 1. The molecule has 5 heteroatoms. The van der Waals surface area contributed by atoms with E-state index < -0.39 is 0 Å². The first-order valence-corrected chi connectivity index (χ1v) is 7.73. The molecule has 0 atom stereocenters. The highest BCUT2D eigenvalue weighted by atomic mass is 16.5. The monoisotopic (exact) mass is 306 g/mol. The third kappa shape index (κ3) is 7.31. The molecule has 1 rings (SSSR count). The van der Waals surface area contributed by atoms with Crippen LogP contribution in [0.25, 0.3) is 0 Å². The van der Waals surface area contributed by atoms with Crippen LogP contribution in [0.15, 0.2) is 18.2 Å². The molecule has 0 saturated carbocycles. The normalized spacial score (nSPS) is 11.0. The van der Waals surface area contributed by atoms with Gasteiger partial charge in [0.2, 0.25) is 0 Å². The van der Waals surface area contributed by atoms with Crippen LogP contribution in [0.2, 0.25) is 0 Å². The summed E-state index contributed by atoms with van der Waals surface area (Å²) in [5.41, 5.74) is 1.90. The van der Waals surface area contributed by atoms with Crippen LogP contribution in [0.1, 0.15) is 39.1 Å². The summed E-state index contributed by atoms with van der Waals surface area (Å²) in [5.74, 6) is 0.236. The van der Waals surface area contributed by atoms with Crippen LogP contribution in [0, 0.1) is 5.92 Å². The summed E-state index contributed by atoms with van der Waals surface area (Å²) in [5, 5.41) is 0. The fourth-order valence-electron chi connectivity index (χ4n) is 2.25. The van der Waals surface area contributed by atoms with E-state index in [2.05, 4.69) is 18.8 Å². The van der Waals surface area contributed by atoms with Crippen LogP contribution in [0.5, 0.6) is 0 Å². The highest BCUT2D eigenvalue weighted by Gasteiger charge is 2.15. The number of pyridine rings is 1. The minimum absolute atomic E-state index is 0.0163. The summed E-state index contributed by atoms with van der Waals surface area (Å²) in [6, 6.07) is 5.89. The van der Waals surface area contributed by atoms with Crippen molar-refractivity contribution in [3.63, 3.8) is 0 Å². The maximum atomic E-state index is 11.6. The van der Waals surface area contributed by atoms with E-state index in [1.54, 1.807) is 11.8 Å². The first kappa shape index (κ1) is 18.3. The molecule has 0 unspecified atom stereocenters. The molecule has 0 fully saturated rings. The SMILES string of the molecule is CCOC(=O)CN(CC(C)=O)Cc1cccc(CC(C)C)n1. The van der Waals surface area contributed by atoms with Gasteiger partial charge >= 0.3 is 5.97 Å². The fraction of sp³-hybridized carbons (Fsp3) is 0.588. The first-order valence-electron chi connectivity index (χ1n) is 7.73. The van der Waals surface area contributed by atoms with Gasteiger partial charge in [-0.2, -0.15) is 0 Å². The molecule has 1 aromatic heterocycles. The second-order valence-electron chi connectivity index (χ2n) is 5.87. The summed E-state index contributed by atoms with van der Waals surface area (Å²) in [4.78, 5) is 29.4. The Bertz CT molecular complexity index is 500.